The summed E-state index contributed by atoms with van der Waals surface area (Å²) in [4.78, 5) is 11.6. The molecule has 1 unspecified atom stereocenters. The molecule has 5 heteroatoms. The highest BCUT2D eigenvalue weighted by Gasteiger charge is 2.30. The third kappa shape index (κ3) is 3.40. The molecular formula is C15H15F3O2. The number of carbonyl (C=O) groups excluding carboxylic acids is 1. The van der Waals surface area contributed by atoms with Crippen LogP contribution in [-0.2, 0) is 15.7 Å². The average Bonchev–Trinajstić information content (AvgIpc) is 2.37. The van der Waals surface area contributed by atoms with Gasteiger partial charge in [-0.1, -0.05) is 12.1 Å². The lowest BCUT2D eigenvalue weighted by Gasteiger charge is -2.22. The molecule has 1 aliphatic carbocycles. The van der Waals surface area contributed by atoms with Gasteiger partial charge in [0.25, 0.3) is 0 Å². The summed E-state index contributed by atoms with van der Waals surface area (Å²) in [6, 6.07) is 4.99. The normalized spacial score (nSPS) is 19.7. The number of rotatable bonds is 3. The van der Waals surface area contributed by atoms with E-state index in [0.29, 0.717) is 25.2 Å². The van der Waals surface area contributed by atoms with Crippen LogP contribution in [0.4, 0.5) is 13.2 Å². The molecule has 108 valence electrons. The van der Waals surface area contributed by atoms with Crippen LogP contribution in [0.25, 0.3) is 0 Å². The molecule has 0 bridgehead atoms. The van der Waals surface area contributed by atoms with E-state index in [4.69, 9.17) is 4.74 Å². The predicted molar refractivity (Wildman–Crippen MR) is 68.1 cm³/mol. The first-order valence-corrected chi connectivity index (χ1v) is 6.43. The molecule has 2 rings (SSSR count). The SMILES string of the molecule is CCOC1=CC(=O)CC(c2ccc(C(F)(F)F)cc2)C1. The van der Waals surface area contributed by atoms with Crippen molar-refractivity contribution in [1.82, 2.24) is 0 Å². The van der Waals surface area contributed by atoms with Gasteiger partial charge in [0.2, 0.25) is 0 Å². The van der Waals surface area contributed by atoms with Crippen LogP contribution >= 0.6 is 0 Å². The highest BCUT2D eigenvalue weighted by Crippen LogP contribution is 2.34. The number of ether oxygens (including phenoxy) is 1. The van der Waals surface area contributed by atoms with Crippen molar-refractivity contribution in [3.63, 3.8) is 0 Å². The number of hydrogen-bond donors (Lipinski definition) is 0. The smallest absolute Gasteiger partial charge is 0.416 e. The molecule has 0 aliphatic heterocycles. The number of benzene rings is 1. The van der Waals surface area contributed by atoms with Crippen molar-refractivity contribution in [2.24, 2.45) is 0 Å². The second-order valence-corrected chi connectivity index (χ2v) is 4.73. The van der Waals surface area contributed by atoms with Crippen molar-refractivity contribution in [3.8, 4) is 0 Å². The Morgan fingerprint density at radius 3 is 2.40 bits per heavy atom. The largest absolute Gasteiger partial charge is 0.498 e. The summed E-state index contributed by atoms with van der Waals surface area (Å²) < 4.78 is 42.9. The number of carbonyl (C=O) groups is 1. The maximum atomic E-state index is 12.5. The molecule has 0 saturated heterocycles. The fraction of sp³-hybridized carbons (Fsp3) is 0.400. The van der Waals surface area contributed by atoms with Crippen molar-refractivity contribution < 1.29 is 22.7 Å². The Morgan fingerprint density at radius 1 is 1.20 bits per heavy atom. The number of allylic oxidation sites excluding steroid dienone is 2. The first-order chi connectivity index (χ1) is 9.40. The van der Waals surface area contributed by atoms with E-state index in [9.17, 15) is 18.0 Å². The zero-order chi connectivity index (χ0) is 14.8. The zero-order valence-electron chi connectivity index (χ0n) is 11.0. The Kier molecular flexibility index (Phi) is 4.16. The standard InChI is InChI=1S/C15H15F3O2/c1-2-20-14-8-11(7-13(19)9-14)10-3-5-12(6-4-10)15(16,17)18/h3-6,9,11H,2,7-8H2,1H3. The molecule has 2 nitrogen and oxygen atoms in total. The van der Waals surface area contributed by atoms with Crippen molar-refractivity contribution in [2.45, 2.75) is 31.9 Å². The highest BCUT2D eigenvalue weighted by atomic mass is 19.4. The minimum atomic E-state index is -4.34. The number of halogens is 3. The summed E-state index contributed by atoms with van der Waals surface area (Å²) in [7, 11) is 0. The van der Waals surface area contributed by atoms with E-state index in [1.807, 2.05) is 6.92 Å². The molecule has 0 fully saturated rings. The Hall–Kier alpha value is -1.78. The molecule has 0 N–H and O–H groups in total. The van der Waals surface area contributed by atoms with Crippen LogP contribution < -0.4 is 0 Å². The highest BCUT2D eigenvalue weighted by molar-refractivity contribution is 5.91. The second kappa shape index (κ2) is 5.69. The molecule has 0 heterocycles. The van der Waals surface area contributed by atoms with Gasteiger partial charge in [-0.3, -0.25) is 4.79 Å². The van der Waals surface area contributed by atoms with Gasteiger partial charge in [-0.2, -0.15) is 13.2 Å². The molecule has 1 atom stereocenters. The minimum absolute atomic E-state index is 0.0513. The topological polar surface area (TPSA) is 26.3 Å². The Bertz CT molecular complexity index is 515. The van der Waals surface area contributed by atoms with Gasteiger partial charge in [0.05, 0.1) is 12.2 Å². The maximum absolute atomic E-state index is 12.5. The average molecular weight is 284 g/mol. The van der Waals surface area contributed by atoms with E-state index >= 15 is 0 Å². The van der Waals surface area contributed by atoms with E-state index in [2.05, 4.69) is 0 Å². The summed E-state index contributed by atoms with van der Waals surface area (Å²) in [5, 5.41) is 0. The number of hydrogen-bond acceptors (Lipinski definition) is 2. The molecule has 20 heavy (non-hydrogen) atoms. The number of alkyl halides is 3. The minimum Gasteiger partial charge on any atom is -0.498 e. The third-order valence-electron chi connectivity index (χ3n) is 3.26. The summed E-state index contributed by atoms with van der Waals surface area (Å²) in [6.07, 6.45) is -2.01. The van der Waals surface area contributed by atoms with Gasteiger partial charge in [0.1, 0.15) is 5.76 Å². The molecule has 1 aliphatic rings. The van der Waals surface area contributed by atoms with Crippen molar-refractivity contribution >= 4 is 5.78 Å². The summed E-state index contributed by atoms with van der Waals surface area (Å²) >= 11 is 0. The molecule has 0 aromatic heterocycles. The van der Waals surface area contributed by atoms with E-state index < -0.39 is 11.7 Å². The number of ketones is 1. The molecule has 0 radical (unpaired) electrons. The van der Waals surface area contributed by atoms with Crippen LogP contribution in [0.3, 0.4) is 0 Å². The fourth-order valence-corrected chi connectivity index (χ4v) is 2.32. The van der Waals surface area contributed by atoms with Gasteiger partial charge in [-0.15, -0.1) is 0 Å². The van der Waals surface area contributed by atoms with Crippen LogP contribution in [0.1, 0.15) is 36.8 Å². The molecule has 1 aromatic rings. The monoisotopic (exact) mass is 284 g/mol. The van der Waals surface area contributed by atoms with E-state index in [0.717, 1.165) is 17.7 Å². The van der Waals surface area contributed by atoms with E-state index in [1.165, 1.54) is 18.2 Å². The predicted octanol–water partition coefficient (Wildman–Crippen LogP) is 4.07. The Balaban J connectivity index is 2.16. The fourth-order valence-electron chi connectivity index (χ4n) is 2.32. The molecular weight excluding hydrogens is 269 g/mol. The lowest BCUT2D eigenvalue weighted by molar-refractivity contribution is -0.137. The van der Waals surface area contributed by atoms with Crippen molar-refractivity contribution in [1.29, 1.82) is 0 Å². The quantitative estimate of drug-likeness (QED) is 0.836. The third-order valence-corrected chi connectivity index (χ3v) is 3.26. The van der Waals surface area contributed by atoms with Crippen LogP contribution in [-0.4, -0.2) is 12.4 Å². The first kappa shape index (κ1) is 14.6. The molecule has 1 aromatic carbocycles. The second-order valence-electron chi connectivity index (χ2n) is 4.73. The molecule has 0 amide bonds. The van der Waals surface area contributed by atoms with Crippen LogP contribution in [0.15, 0.2) is 36.1 Å². The van der Waals surface area contributed by atoms with E-state index in [-0.39, 0.29) is 11.7 Å². The summed E-state index contributed by atoms with van der Waals surface area (Å²) in [5.74, 6) is 0.439. The van der Waals surface area contributed by atoms with E-state index in [1.54, 1.807) is 0 Å². The van der Waals surface area contributed by atoms with Crippen LogP contribution in [0.5, 0.6) is 0 Å². The van der Waals surface area contributed by atoms with Crippen LogP contribution in [0, 0.1) is 0 Å². The lowest BCUT2D eigenvalue weighted by atomic mass is 9.86. The van der Waals surface area contributed by atoms with Gasteiger partial charge in [0, 0.05) is 18.9 Å². The van der Waals surface area contributed by atoms with Gasteiger partial charge in [-0.05, 0) is 30.5 Å². The first-order valence-electron chi connectivity index (χ1n) is 6.43. The summed E-state index contributed by atoms with van der Waals surface area (Å²) in [6.45, 7) is 2.30. The Morgan fingerprint density at radius 2 is 1.85 bits per heavy atom. The van der Waals surface area contributed by atoms with Gasteiger partial charge < -0.3 is 4.74 Å². The molecule has 0 saturated carbocycles. The van der Waals surface area contributed by atoms with Crippen molar-refractivity contribution in [2.75, 3.05) is 6.61 Å². The van der Waals surface area contributed by atoms with Crippen molar-refractivity contribution in [3.05, 3.63) is 47.2 Å². The maximum Gasteiger partial charge on any atom is 0.416 e. The van der Waals surface area contributed by atoms with Gasteiger partial charge in [0.15, 0.2) is 5.78 Å². The molecule has 0 spiro atoms. The van der Waals surface area contributed by atoms with Gasteiger partial charge in [-0.25, -0.2) is 0 Å². The Labute approximate surface area is 115 Å². The lowest BCUT2D eigenvalue weighted by Crippen LogP contribution is -2.14. The van der Waals surface area contributed by atoms with Gasteiger partial charge >= 0.3 is 6.18 Å². The summed E-state index contributed by atoms with van der Waals surface area (Å²) in [5.41, 5.74) is 0.0561. The zero-order valence-corrected chi connectivity index (χ0v) is 11.0. The van der Waals surface area contributed by atoms with Crippen LogP contribution in [0.2, 0.25) is 0 Å².